The van der Waals surface area contributed by atoms with Crippen molar-refractivity contribution < 1.29 is 4.79 Å². The summed E-state index contributed by atoms with van der Waals surface area (Å²) in [7, 11) is 0. The second kappa shape index (κ2) is 7.31. The number of aromatic nitrogens is 4. The molecule has 148 valence electrons. The molecule has 7 nitrogen and oxygen atoms in total. The molecule has 0 unspecified atom stereocenters. The zero-order valence-electron chi connectivity index (χ0n) is 16.5. The lowest BCUT2D eigenvalue weighted by Gasteiger charge is -2.35. The second-order valence-electron chi connectivity index (χ2n) is 7.88. The normalized spacial score (nSPS) is 21.3. The largest absolute Gasteiger partial charge is 0.354 e. The molecule has 7 heteroatoms. The van der Waals surface area contributed by atoms with E-state index in [4.69, 9.17) is 0 Å². The average Bonchev–Trinajstić information content (AvgIpc) is 3.41. The zero-order chi connectivity index (χ0) is 19.8. The van der Waals surface area contributed by atoms with Crippen LogP contribution >= 0.6 is 0 Å². The lowest BCUT2D eigenvalue weighted by atomic mass is 9.96. The number of rotatable bonds is 3. The maximum atomic E-state index is 13.4. The Morgan fingerprint density at radius 3 is 2.69 bits per heavy atom. The third-order valence-electron chi connectivity index (χ3n) is 5.91. The maximum absolute atomic E-state index is 13.4. The van der Waals surface area contributed by atoms with Gasteiger partial charge in [0.2, 0.25) is 5.91 Å². The van der Waals surface area contributed by atoms with E-state index < -0.39 is 0 Å². The van der Waals surface area contributed by atoms with Gasteiger partial charge in [-0.15, -0.1) is 10.2 Å². The smallest absolute Gasteiger partial charge is 0.232 e. The fourth-order valence-electron chi connectivity index (χ4n) is 4.50. The first kappa shape index (κ1) is 17.8. The number of carbonyl (C=O) groups is 1. The fraction of sp³-hybridized carbons (Fsp3) is 0.364. The number of piperidine rings is 1. The van der Waals surface area contributed by atoms with Crippen molar-refractivity contribution in [2.45, 2.75) is 32.2 Å². The van der Waals surface area contributed by atoms with E-state index in [-0.39, 0.29) is 17.9 Å². The van der Waals surface area contributed by atoms with Gasteiger partial charge in [-0.2, -0.15) is 5.10 Å². The van der Waals surface area contributed by atoms with E-state index in [0.717, 1.165) is 37.3 Å². The number of amides is 1. The van der Waals surface area contributed by atoms with Crippen LogP contribution in [0.3, 0.4) is 0 Å². The summed E-state index contributed by atoms with van der Waals surface area (Å²) < 4.78 is 1.69. The summed E-state index contributed by atoms with van der Waals surface area (Å²) in [4.78, 5) is 17.6. The van der Waals surface area contributed by atoms with Crippen molar-refractivity contribution in [1.82, 2.24) is 20.0 Å². The number of anilines is 2. The van der Waals surface area contributed by atoms with Gasteiger partial charge in [-0.1, -0.05) is 18.2 Å². The van der Waals surface area contributed by atoms with Gasteiger partial charge in [-0.3, -0.25) is 4.79 Å². The van der Waals surface area contributed by atoms with Crippen LogP contribution in [0.15, 0.2) is 54.9 Å². The number of para-hydroxylation sites is 1. The first-order valence-electron chi connectivity index (χ1n) is 10.2. The molecule has 0 bridgehead atoms. The molecule has 3 aromatic rings. The Bertz CT molecular complexity index is 1000. The number of fused-ring (bicyclic) bond motifs is 1. The highest BCUT2D eigenvalue weighted by Crippen LogP contribution is 2.34. The quantitative estimate of drug-likeness (QED) is 0.690. The predicted octanol–water partition coefficient (Wildman–Crippen LogP) is 2.86. The van der Waals surface area contributed by atoms with Crippen LogP contribution in [-0.2, 0) is 11.2 Å². The molecule has 29 heavy (non-hydrogen) atoms. The summed E-state index contributed by atoms with van der Waals surface area (Å²) in [5, 5.41) is 12.9. The molecule has 2 aliphatic heterocycles. The van der Waals surface area contributed by atoms with E-state index in [0.29, 0.717) is 12.4 Å². The van der Waals surface area contributed by atoms with Crippen LogP contribution in [0.5, 0.6) is 0 Å². The minimum atomic E-state index is -0.0232. The van der Waals surface area contributed by atoms with Crippen LogP contribution in [0.2, 0.25) is 0 Å². The molecular weight excluding hydrogens is 364 g/mol. The van der Waals surface area contributed by atoms with Gasteiger partial charge in [0.25, 0.3) is 0 Å². The van der Waals surface area contributed by atoms with Gasteiger partial charge in [0.15, 0.2) is 11.6 Å². The van der Waals surface area contributed by atoms with Gasteiger partial charge in [0, 0.05) is 37.2 Å². The van der Waals surface area contributed by atoms with Crippen LogP contribution < -0.4 is 9.80 Å². The Hall–Kier alpha value is -3.22. The zero-order valence-corrected chi connectivity index (χ0v) is 16.5. The molecule has 4 heterocycles. The van der Waals surface area contributed by atoms with Crippen LogP contribution in [0, 0.1) is 5.92 Å². The summed E-state index contributed by atoms with van der Waals surface area (Å²) in [6.07, 6.45) is 6.38. The van der Waals surface area contributed by atoms with Gasteiger partial charge in [-0.05, 0) is 56.0 Å². The summed E-state index contributed by atoms with van der Waals surface area (Å²) in [5.41, 5.74) is 2.34. The van der Waals surface area contributed by atoms with E-state index >= 15 is 0 Å². The van der Waals surface area contributed by atoms with Crippen LogP contribution in [0.1, 0.15) is 25.3 Å². The standard InChI is InChI=1S/C22H24N6O/c1-16-14-17-6-2-3-8-19(17)28(16)22(29)18-7-4-12-26(15-18)20-9-10-21(25-24-20)27-13-5-11-23-27/h2-3,5-6,8-11,13,16,18H,4,7,12,14-15H2,1H3/t16-,18+/m1/s1. The molecule has 1 aromatic carbocycles. The number of nitrogens with zero attached hydrogens (tertiary/aromatic N) is 6. The third kappa shape index (κ3) is 3.26. The van der Waals surface area contributed by atoms with Crippen molar-refractivity contribution in [3.05, 3.63) is 60.4 Å². The van der Waals surface area contributed by atoms with E-state index in [9.17, 15) is 4.79 Å². The monoisotopic (exact) mass is 388 g/mol. The fourth-order valence-corrected chi connectivity index (χ4v) is 4.50. The van der Waals surface area contributed by atoms with Crippen LogP contribution in [0.4, 0.5) is 11.5 Å². The third-order valence-corrected chi connectivity index (χ3v) is 5.91. The van der Waals surface area contributed by atoms with Crippen molar-refractivity contribution in [3.63, 3.8) is 0 Å². The average molecular weight is 388 g/mol. The molecule has 0 radical (unpaired) electrons. The van der Waals surface area contributed by atoms with E-state index in [1.165, 1.54) is 5.56 Å². The Balaban J connectivity index is 1.32. The van der Waals surface area contributed by atoms with Crippen molar-refractivity contribution in [3.8, 4) is 5.82 Å². The highest BCUT2D eigenvalue weighted by atomic mass is 16.2. The van der Waals surface area contributed by atoms with Gasteiger partial charge in [-0.25, -0.2) is 4.68 Å². The van der Waals surface area contributed by atoms with Crippen LogP contribution in [-0.4, -0.2) is 45.0 Å². The molecule has 0 saturated carbocycles. The first-order valence-corrected chi connectivity index (χ1v) is 10.2. The highest BCUT2D eigenvalue weighted by molar-refractivity contribution is 5.98. The Kier molecular flexibility index (Phi) is 4.50. The van der Waals surface area contributed by atoms with Crippen molar-refractivity contribution in [2.24, 2.45) is 5.92 Å². The Labute approximate surface area is 170 Å². The molecule has 1 amide bonds. The predicted molar refractivity (Wildman–Crippen MR) is 111 cm³/mol. The summed E-state index contributed by atoms with van der Waals surface area (Å²) in [6, 6.07) is 14.2. The van der Waals surface area contributed by atoms with E-state index in [1.807, 2.05) is 41.4 Å². The lowest BCUT2D eigenvalue weighted by Crippen LogP contribution is -2.47. The highest BCUT2D eigenvalue weighted by Gasteiger charge is 2.36. The molecule has 5 rings (SSSR count). The van der Waals surface area contributed by atoms with E-state index in [2.05, 4.69) is 39.3 Å². The van der Waals surface area contributed by atoms with Gasteiger partial charge >= 0.3 is 0 Å². The van der Waals surface area contributed by atoms with Crippen molar-refractivity contribution in [1.29, 1.82) is 0 Å². The SMILES string of the molecule is C[C@@H]1Cc2ccccc2N1C(=O)[C@H]1CCCN(c2ccc(-n3cccn3)nn2)C1. The van der Waals surface area contributed by atoms with Crippen LogP contribution in [0.25, 0.3) is 5.82 Å². The van der Waals surface area contributed by atoms with Gasteiger partial charge in [0.05, 0.1) is 5.92 Å². The summed E-state index contributed by atoms with van der Waals surface area (Å²) >= 11 is 0. The van der Waals surface area contributed by atoms with Crippen molar-refractivity contribution in [2.75, 3.05) is 22.9 Å². The second-order valence-corrected chi connectivity index (χ2v) is 7.88. The summed E-state index contributed by atoms with van der Waals surface area (Å²) in [6.45, 7) is 3.71. The maximum Gasteiger partial charge on any atom is 0.232 e. The molecule has 0 aliphatic carbocycles. The molecule has 1 fully saturated rings. The minimum Gasteiger partial charge on any atom is -0.354 e. The Morgan fingerprint density at radius 1 is 1.07 bits per heavy atom. The van der Waals surface area contributed by atoms with Gasteiger partial charge in [0.1, 0.15) is 0 Å². The van der Waals surface area contributed by atoms with Crippen molar-refractivity contribution >= 4 is 17.4 Å². The molecule has 0 N–H and O–H groups in total. The molecular formula is C22H24N6O. The number of hydrogen-bond donors (Lipinski definition) is 0. The number of benzene rings is 1. The number of carbonyl (C=O) groups excluding carboxylic acids is 1. The van der Waals surface area contributed by atoms with E-state index in [1.54, 1.807) is 10.9 Å². The molecule has 2 aliphatic rings. The molecule has 2 aromatic heterocycles. The molecule has 0 spiro atoms. The number of hydrogen-bond acceptors (Lipinski definition) is 5. The Morgan fingerprint density at radius 2 is 1.90 bits per heavy atom. The minimum absolute atomic E-state index is 0.0232. The topological polar surface area (TPSA) is 67.2 Å². The molecule has 1 saturated heterocycles. The van der Waals surface area contributed by atoms with Gasteiger partial charge < -0.3 is 9.80 Å². The lowest BCUT2D eigenvalue weighted by molar-refractivity contribution is -0.122. The molecule has 2 atom stereocenters. The first-order chi connectivity index (χ1) is 14.2. The summed E-state index contributed by atoms with van der Waals surface area (Å²) in [5.74, 6) is 1.71.